The van der Waals surface area contributed by atoms with Crippen molar-refractivity contribution in [2.24, 2.45) is 7.05 Å². The Kier molecular flexibility index (Phi) is 5.69. The number of pyridine rings is 2. The first-order valence-electron chi connectivity index (χ1n) is 9.43. The van der Waals surface area contributed by atoms with E-state index in [1.165, 1.54) is 4.57 Å². The quantitative estimate of drug-likeness (QED) is 0.570. The van der Waals surface area contributed by atoms with Gasteiger partial charge in [-0.25, -0.2) is 4.98 Å². The number of hydrogen-bond acceptors (Lipinski definition) is 6. The highest BCUT2D eigenvalue weighted by Crippen LogP contribution is 2.31. The summed E-state index contributed by atoms with van der Waals surface area (Å²) in [5, 5.41) is 20.4. The number of piperazine rings is 1. The molecule has 1 N–H and O–H groups in total. The third kappa shape index (κ3) is 3.65. The first-order chi connectivity index (χ1) is 14.4. The lowest BCUT2D eigenvalue weighted by molar-refractivity contribution is 0.247. The van der Waals surface area contributed by atoms with E-state index in [1.54, 1.807) is 31.3 Å². The molecule has 1 aliphatic heterocycles. The maximum atomic E-state index is 12.8. The van der Waals surface area contributed by atoms with Crippen LogP contribution in [0.2, 0.25) is 5.02 Å². The average Bonchev–Trinajstić information content (AvgIpc) is 2.74. The van der Waals surface area contributed by atoms with E-state index in [-0.39, 0.29) is 16.9 Å². The maximum absolute atomic E-state index is 12.8. The molecule has 2 aromatic heterocycles. The molecule has 0 unspecified atom stereocenters. The van der Waals surface area contributed by atoms with Gasteiger partial charge in [-0.15, -0.1) is 0 Å². The van der Waals surface area contributed by atoms with Gasteiger partial charge in [0.15, 0.2) is 0 Å². The number of nitriles is 1. The number of phenols is 1. The molecule has 1 saturated heterocycles. The van der Waals surface area contributed by atoms with E-state index >= 15 is 0 Å². The third-order valence-electron chi connectivity index (χ3n) is 5.46. The molecule has 1 aromatic carbocycles. The molecule has 0 bridgehead atoms. The van der Waals surface area contributed by atoms with Crippen LogP contribution in [-0.4, -0.2) is 45.7 Å². The van der Waals surface area contributed by atoms with Crippen LogP contribution in [0.3, 0.4) is 0 Å². The molecule has 9 heteroatoms. The Balaban J connectivity index is 1.65. The lowest BCUT2D eigenvalue weighted by Gasteiger charge is -2.37. The highest BCUT2D eigenvalue weighted by molar-refractivity contribution is 9.10. The molecular formula is C21H19BrClN5O2. The van der Waals surface area contributed by atoms with Crippen molar-refractivity contribution in [2.75, 3.05) is 31.1 Å². The molecule has 154 valence electrons. The maximum Gasteiger partial charge on any atom is 0.270 e. The van der Waals surface area contributed by atoms with Gasteiger partial charge in [-0.2, -0.15) is 5.26 Å². The fourth-order valence-corrected chi connectivity index (χ4v) is 4.37. The standard InChI is InChI=1S/C21H19BrClN5O2/c1-26-16-5-6-18(22)25-19(16)20(13(11-24)21(26)30)28-9-7-27(8-10-28)12-14-15(23)3-2-4-17(14)29/h2-6,29H,7-10,12H2,1H3. The van der Waals surface area contributed by atoms with Gasteiger partial charge in [0.2, 0.25) is 0 Å². The second-order valence-corrected chi connectivity index (χ2v) is 8.42. The Bertz CT molecular complexity index is 1210. The molecule has 3 aromatic rings. The number of phenolic OH excluding ortho intramolecular Hbond substituents is 1. The summed E-state index contributed by atoms with van der Waals surface area (Å²) in [6.07, 6.45) is 0. The number of aromatic nitrogens is 2. The fraction of sp³-hybridized carbons (Fsp3) is 0.286. The second-order valence-electron chi connectivity index (χ2n) is 7.20. The van der Waals surface area contributed by atoms with Crippen LogP contribution in [0.25, 0.3) is 11.0 Å². The van der Waals surface area contributed by atoms with E-state index in [9.17, 15) is 15.2 Å². The predicted octanol–water partition coefficient (Wildman–Crippen LogP) is 3.25. The van der Waals surface area contributed by atoms with Crippen LogP contribution < -0.4 is 10.5 Å². The van der Waals surface area contributed by atoms with E-state index < -0.39 is 0 Å². The molecule has 30 heavy (non-hydrogen) atoms. The van der Waals surface area contributed by atoms with Crippen molar-refractivity contribution in [1.82, 2.24) is 14.5 Å². The first kappa shape index (κ1) is 20.7. The van der Waals surface area contributed by atoms with E-state index in [2.05, 4.69) is 31.9 Å². The Morgan fingerprint density at radius 3 is 2.63 bits per heavy atom. The lowest BCUT2D eigenvalue weighted by Crippen LogP contribution is -2.47. The van der Waals surface area contributed by atoms with Crippen molar-refractivity contribution in [3.8, 4) is 11.8 Å². The van der Waals surface area contributed by atoms with Crippen LogP contribution in [0.1, 0.15) is 11.1 Å². The molecule has 0 aliphatic carbocycles. The Hall–Kier alpha value is -2.60. The van der Waals surface area contributed by atoms with Gasteiger partial charge in [0.25, 0.3) is 5.56 Å². The van der Waals surface area contributed by atoms with Crippen LogP contribution >= 0.6 is 27.5 Å². The molecule has 4 rings (SSSR count). The van der Waals surface area contributed by atoms with Crippen LogP contribution in [0, 0.1) is 11.3 Å². The Labute approximate surface area is 186 Å². The molecule has 1 fully saturated rings. The van der Waals surface area contributed by atoms with Gasteiger partial charge in [-0.05, 0) is 40.2 Å². The van der Waals surface area contributed by atoms with Crippen LogP contribution in [-0.2, 0) is 13.6 Å². The van der Waals surface area contributed by atoms with Crippen molar-refractivity contribution >= 4 is 44.3 Å². The predicted molar refractivity (Wildman–Crippen MR) is 120 cm³/mol. The van der Waals surface area contributed by atoms with Crippen molar-refractivity contribution < 1.29 is 5.11 Å². The number of benzene rings is 1. The topological polar surface area (TPSA) is 85.4 Å². The van der Waals surface area contributed by atoms with Gasteiger partial charge < -0.3 is 14.6 Å². The van der Waals surface area contributed by atoms with E-state index in [0.29, 0.717) is 64.6 Å². The van der Waals surface area contributed by atoms with E-state index in [1.807, 2.05) is 11.0 Å². The molecule has 0 saturated carbocycles. The Morgan fingerprint density at radius 1 is 1.23 bits per heavy atom. The average molecular weight is 489 g/mol. The summed E-state index contributed by atoms with van der Waals surface area (Å²) in [6, 6.07) is 10.8. The van der Waals surface area contributed by atoms with Crippen molar-refractivity contribution in [2.45, 2.75) is 6.54 Å². The highest BCUT2D eigenvalue weighted by atomic mass is 79.9. The van der Waals surface area contributed by atoms with E-state index in [0.717, 1.165) is 0 Å². The molecule has 0 spiro atoms. The zero-order valence-corrected chi connectivity index (χ0v) is 18.6. The summed E-state index contributed by atoms with van der Waals surface area (Å²) in [5.74, 6) is 0.184. The molecule has 0 radical (unpaired) electrons. The van der Waals surface area contributed by atoms with Gasteiger partial charge in [0.1, 0.15) is 27.5 Å². The van der Waals surface area contributed by atoms with Crippen LogP contribution in [0.15, 0.2) is 39.7 Å². The summed E-state index contributed by atoms with van der Waals surface area (Å²) < 4.78 is 2.11. The van der Waals surface area contributed by atoms with Crippen molar-refractivity contribution in [1.29, 1.82) is 5.26 Å². The number of halogens is 2. The number of anilines is 1. The SMILES string of the molecule is Cn1c(=O)c(C#N)c(N2CCN(Cc3c(O)cccc3Cl)CC2)c2nc(Br)ccc21. The summed E-state index contributed by atoms with van der Waals surface area (Å²) in [5.41, 5.74) is 2.37. The molecule has 0 atom stereocenters. The van der Waals surface area contributed by atoms with Gasteiger partial charge in [0.05, 0.1) is 11.2 Å². The van der Waals surface area contributed by atoms with Gasteiger partial charge >= 0.3 is 0 Å². The zero-order valence-electron chi connectivity index (χ0n) is 16.3. The van der Waals surface area contributed by atoms with Crippen molar-refractivity contribution in [3.05, 3.63) is 61.4 Å². The number of fused-ring (bicyclic) bond motifs is 1. The largest absolute Gasteiger partial charge is 0.508 e. The van der Waals surface area contributed by atoms with Gasteiger partial charge in [0, 0.05) is 50.4 Å². The van der Waals surface area contributed by atoms with Gasteiger partial charge in [-0.1, -0.05) is 17.7 Å². The number of nitrogens with zero attached hydrogens (tertiary/aromatic N) is 5. The second kappa shape index (κ2) is 8.26. The lowest BCUT2D eigenvalue weighted by atomic mass is 10.1. The Morgan fingerprint density at radius 2 is 1.97 bits per heavy atom. The number of aromatic hydroxyl groups is 1. The number of hydrogen-bond donors (Lipinski definition) is 1. The van der Waals surface area contributed by atoms with Crippen LogP contribution in [0.5, 0.6) is 5.75 Å². The monoisotopic (exact) mass is 487 g/mol. The van der Waals surface area contributed by atoms with Crippen molar-refractivity contribution in [3.63, 3.8) is 0 Å². The molecule has 0 amide bonds. The summed E-state index contributed by atoms with van der Waals surface area (Å²) in [7, 11) is 1.65. The molecule has 7 nitrogen and oxygen atoms in total. The number of rotatable bonds is 3. The normalized spacial score (nSPS) is 14.8. The van der Waals surface area contributed by atoms with Crippen LogP contribution in [0.4, 0.5) is 5.69 Å². The molecule has 1 aliphatic rings. The molecular weight excluding hydrogens is 470 g/mol. The number of aryl methyl sites for hydroxylation is 1. The van der Waals surface area contributed by atoms with E-state index in [4.69, 9.17) is 11.6 Å². The third-order valence-corrected chi connectivity index (χ3v) is 6.25. The zero-order chi connectivity index (χ0) is 21.4. The minimum atomic E-state index is -0.326. The minimum absolute atomic E-state index is 0.104. The highest BCUT2D eigenvalue weighted by Gasteiger charge is 2.26. The molecule has 3 heterocycles. The summed E-state index contributed by atoms with van der Waals surface area (Å²) in [4.78, 5) is 21.6. The summed E-state index contributed by atoms with van der Waals surface area (Å²) >= 11 is 9.64. The van der Waals surface area contributed by atoms with Gasteiger partial charge in [-0.3, -0.25) is 9.69 Å². The fourth-order valence-electron chi connectivity index (χ4n) is 3.84. The minimum Gasteiger partial charge on any atom is -0.508 e. The smallest absolute Gasteiger partial charge is 0.270 e. The summed E-state index contributed by atoms with van der Waals surface area (Å²) in [6.45, 7) is 3.17. The first-order valence-corrected chi connectivity index (χ1v) is 10.6.